The van der Waals surface area contributed by atoms with Crippen molar-refractivity contribution >= 4 is 17.4 Å². The summed E-state index contributed by atoms with van der Waals surface area (Å²) in [5, 5.41) is 2.95. The Kier molecular flexibility index (Phi) is 4.10. The van der Waals surface area contributed by atoms with Crippen molar-refractivity contribution in [3.05, 3.63) is 53.2 Å². The first kappa shape index (κ1) is 12.8. The Bertz CT molecular complexity index is 528. The van der Waals surface area contributed by atoms with Crippen LogP contribution in [0.3, 0.4) is 0 Å². The van der Waals surface area contributed by atoms with Crippen molar-refractivity contribution in [1.82, 2.24) is 9.97 Å². The summed E-state index contributed by atoms with van der Waals surface area (Å²) in [6, 6.07) is 7.81. The van der Waals surface area contributed by atoms with Crippen LogP contribution in [0.4, 0.5) is 10.2 Å². The maximum absolute atomic E-state index is 13.6. The lowest BCUT2D eigenvalue weighted by Gasteiger charge is -2.07. The summed E-state index contributed by atoms with van der Waals surface area (Å²) in [4.78, 5) is 7.65. The zero-order valence-electron chi connectivity index (χ0n) is 9.95. The normalized spacial score (nSPS) is 10.4. The van der Waals surface area contributed by atoms with E-state index in [2.05, 4.69) is 15.3 Å². The molecule has 2 rings (SSSR count). The molecule has 0 atom stereocenters. The molecule has 5 heteroatoms. The predicted octanol–water partition coefficient (Wildman–Crippen LogP) is 3.28. The molecule has 1 N–H and O–H groups in total. The van der Waals surface area contributed by atoms with E-state index >= 15 is 0 Å². The van der Waals surface area contributed by atoms with E-state index in [-0.39, 0.29) is 5.82 Å². The van der Waals surface area contributed by atoms with Gasteiger partial charge in [-0.1, -0.05) is 24.3 Å². The number of benzene rings is 1. The molecule has 0 saturated carbocycles. The van der Waals surface area contributed by atoms with Crippen LogP contribution in [0, 0.1) is 12.7 Å². The Hall–Kier alpha value is -1.68. The van der Waals surface area contributed by atoms with Crippen LogP contribution < -0.4 is 5.32 Å². The predicted molar refractivity (Wildman–Crippen MR) is 70.1 cm³/mol. The van der Waals surface area contributed by atoms with Crippen molar-refractivity contribution in [1.29, 1.82) is 0 Å². The molecule has 0 aliphatic heterocycles. The third kappa shape index (κ3) is 2.96. The second-order valence-electron chi connectivity index (χ2n) is 3.93. The molecule has 1 heterocycles. The molecule has 94 valence electrons. The van der Waals surface area contributed by atoms with Crippen molar-refractivity contribution in [3.63, 3.8) is 0 Å². The second kappa shape index (κ2) is 5.78. The highest BCUT2D eigenvalue weighted by Crippen LogP contribution is 2.13. The van der Waals surface area contributed by atoms with Gasteiger partial charge < -0.3 is 5.32 Å². The minimum Gasteiger partial charge on any atom is -0.363 e. The monoisotopic (exact) mass is 265 g/mol. The van der Waals surface area contributed by atoms with Gasteiger partial charge in [-0.15, -0.1) is 11.6 Å². The molecular weight excluding hydrogens is 253 g/mol. The van der Waals surface area contributed by atoms with E-state index in [9.17, 15) is 4.39 Å². The molecule has 0 unspecified atom stereocenters. The number of anilines is 1. The maximum Gasteiger partial charge on any atom is 0.186 e. The van der Waals surface area contributed by atoms with Crippen LogP contribution in [0.2, 0.25) is 0 Å². The van der Waals surface area contributed by atoms with Crippen molar-refractivity contribution in [2.75, 3.05) is 5.32 Å². The lowest BCUT2D eigenvalue weighted by molar-refractivity contribution is 0.604. The van der Waals surface area contributed by atoms with E-state index in [1.165, 1.54) is 6.33 Å². The SMILES string of the molecule is Cc1ncnc(NCc2ccc(CCl)cc2)c1F. The molecule has 0 bridgehead atoms. The standard InChI is InChI=1S/C13H13ClFN3/c1-9-12(15)13(18-8-17-9)16-7-11-4-2-10(6-14)3-5-11/h2-5,8H,6-7H2,1H3,(H,16,17,18). The smallest absolute Gasteiger partial charge is 0.186 e. The third-order valence-electron chi connectivity index (χ3n) is 2.60. The highest BCUT2D eigenvalue weighted by molar-refractivity contribution is 6.17. The van der Waals surface area contributed by atoms with Gasteiger partial charge in [0.1, 0.15) is 6.33 Å². The fourth-order valence-electron chi connectivity index (χ4n) is 1.51. The number of hydrogen-bond acceptors (Lipinski definition) is 3. The van der Waals surface area contributed by atoms with Gasteiger partial charge >= 0.3 is 0 Å². The first-order valence-corrected chi connectivity index (χ1v) is 6.09. The van der Waals surface area contributed by atoms with E-state index in [1.807, 2.05) is 24.3 Å². The Balaban J connectivity index is 2.04. The molecule has 0 aliphatic carbocycles. The molecule has 0 saturated heterocycles. The van der Waals surface area contributed by atoms with Gasteiger partial charge in [0, 0.05) is 12.4 Å². The summed E-state index contributed by atoms with van der Waals surface area (Å²) < 4.78 is 13.6. The average Bonchev–Trinajstić information content (AvgIpc) is 2.41. The number of aromatic nitrogens is 2. The summed E-state index contributed by atoms with van der Waals surface area (Å²) in [7, 11) is 0. The summed E-state index contributed by atoms with van der Waals surface area (Å²) in [5.41, 5.74) is 2.44. The van der Waals surface area contributed by atoms with Gasteiger partial charge in [-0.3, -0.25) is 0 Å². The fraction of sp³-hybridized carbons (Fsp3) is 0.231. The quantitative estimate of drug-likeness (QED) is 0.862. The van der Waals surface area contributed by atoms with Crippen LogP contribution in [-0.4, -0.2) is 9.97 Å². The van der Waals surface area contributed by atoms with Gasteiger partial charge in [0.2, 0.25) is 0 Å². The van der Waals surface area contributed by atoms with E-state index in [0.29, 0.717) is 18.1 Å². The summed E-state index contributed by atoms with van der Waals surface area (Å²) in [6.45, 7) is 2.12. The number of nitrogens with one attached hydrogen (secondary N) is 1. The van der Waals surface area contributed by atoms with Crippen molar-refractivity contribution in [2.24, 2.45) is 0 Å². The molecule has 2 aromatic rings. The zero-order chi connectivity index (χ0) is 13.0. The van der Waals surface area contributed by atoms with E-state index in [4.69, 9.17) is 11.6 Å². The van der Waals surface area contributed by atoms with Crippen LogP contribution >= 0.6 is 11.6 Å². The van der Waals surface area contributed by atoms with Crippen molar-refractivity contribution in [2.45, 2.75) is 19.3 Å². The second-order valence-corrected chi connectivity index (χ2v) is 4.19. The minimum atomic E-state index is -0.408. The van der Waals surface area contributed by atoms with Gasteiger partial charge in [0.05, 0.1) is 5.69 Å². The van der Waals surface area contributed by atoms with Gasteiger partial charge in [-0.25, -0.2) is 14.4 Å². The first-order valence-electron chi connectivity index (χ1n) is 5.55. The zero-order valence-corrected chi connectivity index (χ0v) is 10.7. The van der Waals surface area contributed by atoms with Crippen molar-refractivity contribution in [3.8, 4) is 0 Å². The van der Waals surface area contributed by atoms with Gasteiger partial charge in [-0.05, 0) is 18.1 Å². The van der Waals surface area contributed by atoms with Crippen LogP contribution in [-0.2, 0) is 12.4 Å². The summed E-state index contributed by atoms with van der Waals surface area (Å²) in [6.07, 6.45) is 1.34. The van der Waals surface area contributed by atoms with Crippen molar-refractivity contribution < 1.29 is 4.39 Å². The number of rotatable bonds is 4. The molecular formula is C13H13ClFN3. The molecule has 18 heavy (non-hydrogen) atoms. The number of halogens is 2. The van der Waals surface area contributed by atoms with Crippen LogP contribution in [0.5, 0.6) is 0 Å². The van der Waals surface area contributed by atoms with E-state index in [0.717, 1.165) is 11.1 Å². The number of alkyl halides is 1. The van der Waals surface area contributed by atoms with Crippen LogP contribution in [0.25, 0.3) is 0 Å². The molecule has 0 aliphatic rings. The number of aryl methyl sites for hydroxylation is 1. The van der Waals surface area contributed by atoms with Gasteiger partial charge in [0.15, 0.2) is 11.6 Å². The van der Waals surface area contributed by atoms with E-state index in [1.54, 1.807) is 6.92 Å². The lowest BCUT2D eigenvalue weighted by atomic mass is 10.1. The lowest BCUT2D eigenvalue weighted by Crippen LogP contribution is -2.05. The van der Waals surface area contributed by atoms with Gasteiger partial charge in [0.25, 0.3) is 0 Å². The maximum atomic E-state index is 13.6. The largest absolute Gasteiger partial charge is 0.363 e. The highest BCUT2D eigenvalue weighted by atomic mass is 35.5. The highest BCUT2D eigenvalue weighted by Gasteiger charge is 2.06. The van der Waals surface area contributed by atoms with E-state index < -0.39 is 5.82 Å². The third-order valence-corrected chi connectivity index (χ3v) is 2.91. The topological polar surface area (TPSA) is 37.8 Å². The minimum absolute atomic E-state index is 0.226. The summed E-state index contributed by atoms with van der Waals surface area (Å²) >= 11 is 5.71. The molecule has 1 aromatic carbocycles. The molecule has 0 radical (unpaired) electrons. The first-order chi connectivity index (χ1) is 8.70. The Labute approximate surface area is 110 Å². The Morgan fingerprint density at radius 2 is 1.83 bits per heavy atom. The molecule has 0 fully saturated rings. The number of nitrogens with zero attached hydrogens (tertiary/aromatic N) is 2. The number of hydrogen-bond donors (Lipinski definition) is 1. The van der Waals surface area contributed by atoms with Crippen LogP contribution in [0.15, 0.2) is 30.6 Å². The van der Waals surface area contributed by atoms with Crippen LogP contribution in [0.1, 0.15) is 16.8 Å². The molecule has 0 amide bonds. The Morgan fingerprint density at radius 1 is 1.17 bits per heavy atom. The summed E-state index contributed by atoms with van der Waals surface area (Å²) in [5.74, 6) is 0.312. The molecule has 1 aromatic heterocycles. The van der Waals surface area contributed by atoms with Gasteiger partial charge in [-0.2, -0.15) is 0 Å². The fourth-order valence-corrected chi connectivity index (χ4v) is 1.69. The molecule has 3 nitrogen and oxygen atoms in total. The Morgan fingerprint density at radius 3 is 2.50 bits per heavy atom. The molecule has 0 spiro atoms. The average molecular weight is 266 g/mol.